The number of hydrogen-bond acceptors (Lipinski definition) is 10. The van der Waals surface area contributed by atoms with Gasteiger partial charge in [0.2, 0.25) is 0 Å². The fraction of sp³-hybridized carbons (Fsp3) is 0.176. The van der Waals surface area contributed by atoms with Crippen molar-refractivity contribution in [3.05, 3.63) is 144 Å². The smallest absolute Gasteiger partial charge is 0.338 e. The maximum absolute atomic E-state index is 13.2. The summed E-state index contributed by atoms with van der Waals surface area (Å²) in [6.07, 6.45) is -7.61. The highest BCUT2D eigenvalue weighted by molar-refractivity contribution is 5.91. The summed E-state index contributed by atoms with van der Waals surface area (Å²) in [6, 6.07) is 32.2. The van der Waals surface area contributed by atoms with Gasteiger partial charge >= 0.3 is 23.9 Å². The number of aliphatic hydroxyl groups excluding tert-OH is 1. The standard InChI is InChI=1S/C34H28O10/c35-30(22-13-5-1-6-14-22)40-21-26(41-31(36)23-15-7-2-8-16-23)27-28(43-32(37)24-17-9-3-10-18-24)29(34(39)42-27)44-33(38)25-19-11-4-12-20-25/h1-20,26-29,34,39H,21H2/t26-,27-,28+,29-,34?/m1/s1. The summed E-state index contributed by atoms with van der Waals surface area (Å²) in [5.74, 6) is -3.13. The molecule has 1 aliphatic rings. The highest BCUT2D eigenvalue weighted by Gasteiger charge is 2.53. The molecule has 10 heteroatoms. The molecule has 0 bridgehead atoms. The van der Waals surface area contributed by atoms with Gasteiger partial charge in [-0.1, -0.05) is 72.8 Å². The number of aliphatic hydroxyl groups is 1. The van der Waals surface area contributed by atoms with E-state index in [9.17, 15) is 24.3 Å². The first-order chi connectivity index (χ1) is 21.4. The normalized spacial score (nSPS) is 19.8. The molecule has 5 rings (SSSR count). The van der Waals surface area contributed by atoms with Crippen molar-refractivity contribution in [3.63, 3.8) is 0 Å². The highest BCUT2D eigenvalue weighted by atomic mass is 16.7. The predicted molar refractivity (Wildman–Crippen MR) is 155 cm³/mol. The fourth-order valence-electron chi connectivity index (χ4n) is 4.55. The van der Waals surface area contributed by atoms with Crippen molar-refractivity contribution in [2.24, 2.45) is 0 Å². The SMILES string of the molecule is O=C(OC[C@@H](OC(=O)c1ccccc1)[C@H]1OC(O)[C@H](OC(=O)c2ccccc2)[C@H]1OC(=O)c1ccccc1)c1ccccc1. The molecule has 1 aliphatic heterocycles. The average Bonchev–Trinajstić information content (AvgIpc) is 3.37. The Morgan fingerprint density at radius 1 is 0.568 bits per heavy atom. The number of carbonyl (C=O) groups excluding carboxylic acids is 4. The lowest BCUT2D eigenvalue weighted by Crippen LogP contribution is -2.47. The molecule has 0 aliphatic carbocycles. The Kier molecular flexibility index (Phi) is 9.75. The van der Waals surface area contributed by atoms with E-state index in [4.69, 9.17) is 23.7 Å². The quantitative estimate of drug-likeness (QED) is 0.209. The van der Waals surface area contributed by atoms with Crippen LogP contribution in [0.2, 0.25) is 0 Å². The lowest BCUT2D eigenvalue weighted by atomic mass is 10.0. The van der Waals surface area contributed by atoms with Crippen LogP contribution in [0.15, 0.2) is 121 Å². The van der Waals surface area contributed by atoms with Gasteiger partial charge in [0.05, 0.1) is 22.3 Å². The van der Waals surface area contributed by atoms with Crippen LogP contribution >= 0.6 is 0 Å². The summed E-state index contributed by atoms with van der Waals surface area (Å²) in [7, 11) is 0. The summed E-state index contributed by atoms with van der Waals surface area (Å²) in [4.78, 5) is 52.1. The minimum absolute atomic E-state index is 0.175. The van der Waals surface area contributed by atoms with Crippen LogP contribution in [0.25, 0.3) is 0 Å². The van der Waals surface area contributed by atoms with Crippen LogP contribution in [0.3, 0.4) is 0 Å². The van der Waals surface area contributed by atoms with Crippen molar-refractivity contribution in [1.82, 2.24) is 0 Å². The van der Waals surface area contributed by atoms with Gasteiger partial charge < -0.3 is 28.8 Å². The highest BCUT2D eigenvalue weighted by Crippen LogP contribution is 2.31. The van der Waals surface area contributed by atoms with E-state index in [2.05, 4.69) is 0 Å². The topological polar surface area (TPSA) is 135 Å². The zero-order chi connectivity index (χ0) is 30.9. The Hall–Kier alpha value is -5.32. The number of carbonyl (C=O) groups is 4. The van der Waals surface area contributed by atoms with Crippen molar-refractivity contribution in [2.75, 3.05) is 6.61 Å². The minimum Gasteiger partial charge on any atom is -0.458 e. The summed E-state index contributed by atoms with van der Waals surface area (Å²) < 4.78 is 28.3. The third kappa shape index (κ3) is 7.35. The van der Waals surface area contributed by atoms with Crippen LogP contribution in [-0.4, -0.2) is 66.3 Å². The van der Waals surface area contributed by atoms with Gasteiger partial charge in [-0.2, -0.15) is 0 Å². The van der Waals surface area contributed by atoms with Crippen LogP contribution in [0.1, 0.15) is 41.4 Å². The molecule has 0 amide bonds. The third-order valence-electron chi connectivity index (χ3n) is 6.75. The Balaban J connectivity index is 1.45. The second-order valence-electron chi connectivity index (χ2n) is 9.74. The van der Waals surface area contributed by atoms with Gasteiger partial charge in [0.25, 0.3) is 0 Å². The molecule has 0 saturated carbocycles. The second-order valence-corrected chi connectivity index (χ2v) is 9.74. The molecule has 5 atom stereocenters. The van der Waals surface area contributed by atoms with Gasteiger partial charge in [-0.3, -0.25) is 0 Å². The maximum Gasteiger partial charge on any atom is 0.338 e. The molecule has 0 radical (unpaired) electrons. The Labute approximate surface area is 252 Å². The van der Waals surface area contributed by atoms with E-state index in [0.717, 1.165) is 0 Å². The number of ether oxygens (including phenoxy) is 5. The zero-order valence-corrected chi connectivity index (χ0v) is 23.3. The molecule has 1 saturated heterocycles. The largest absolute Gasteiger partial charge is 0.458 e. The summed E-state index contributed by atoms with van der Waals surface area (Å²) in [5.41, 5.74) is 0.791. The monoisotopic (exact) mass is 596 g/mol. The number of rotatable bonds is 10. The molecule has 1 fully saturated rings. The van der Waals surface area contributed by atoms with Crippen LogP contribution in [0, 0.1) is 0 Å². The fourth-order valence-corrected chi connectivity index (χ4v) is 4.55. The van der Waals surface area contributed by atoms with Crippen LogP contribution in [0.4, 0.5) is 0 Å². The first-order valence-electron chi connectivity index (χ1n) is 13.7. The predicted octanol–water partition coefficient (Wildman–Crippen LogP) is 4.24. The van der Waals surface area contributed by atoms with Crippen molar-refractivity contribution in [2.45, 2.75) is 30.7 Å². The van der Waals surface area contributed by atoms with E-state index in [1.54, 1.807) is 84.9 Å². The number of esters is 4. The summed E-state index contributed by atoms with van der Waals surface area (Å²) in [5, 5.41) is 10.9. The summed E-state index contributed by atoms with van der Waals surface area (Å²) in [6.45, 7) is -0.539. The van der Waals surface area contributed by atoms with Gasteiger partial charge in [0, 0.05) is 0 Å². The molecular weight excluding hydrogens is 568 g/mol. The number of benzene rings is 4. The van der Waals surface area contributed by atoms with Crippen molar-refractivity contribution >= 4 is 23.9 Å². The van der Waals surface area contributed by atoms with E-state index in [0.29, 0.717) is 0 Å². The van der Waals surface area contributed by atoms with Gasteiger partial charge in [-0.25, -0.2) is 19.2 Å². The molecule has 4 aromatic rings. The van der Waals surface area contributed by atoms with Crippen molar-refractivity contribution < 1.29 is 48.0 Å². The van der Waals surface area contributed by atoms with E-state index < -0.39 is 61.2 Å². The molecule has 1 unspecified atom stereocenters. The van der Waals surface area contributed by atoms with E-state index in [1.165, 1.54) is 36.4 Å². The number of hydrogen-bond donors (Lipinski definition) is 1. The molecule has 224 valence electrons. The summed E-state index contributed by atoms with van der Waals surface area (Å²) >= 11 is 0. The van der Waals surface area contributed by atoms with Crippen LogP contribution < -0.4 is 0 Å². The van der Waals surface area contributed by atoms with E-state index in [-0.39, 0.29) is 22.3 Å². The van der Waals surface area contributed by atoms with Gasteiger partial charge in [-0.15, -0.1) is 0 Å². The van der Waals surface area contributed by atoms with Crippen LogP contribution in [-0.2, 0) is 23.7 Å². The molecule has 0 spiro atoms. The van der Waals surface area contributed by atoms with E-state index >= 15 is 0 Å². The molecule has 44 heavy (non-hydrogen) atoms. The van der Waals surface area contributed by atoms with Crippen LogP contribution in [0.5, 0.6) is 0 Å². The minimum atomic E-state index is -1.79. The van der Waals surface area contributed by atoms with Gasteiger partial charge in [0.1, 0.15) is 12.7 Å². The van der Waals surface area contributed by atoms with Gasteiger partial charge in [0.15, 0.2) is 24.6 Å². The van der Waals surface area contributed by atoms with Gasteiger partial charge in [-0.05, 0) is 48.5 Å². The van der Waals surface area contributed by atoms with Crippen molar-refractivity contribution in [3.8, 4) is 0 Å². The van der Waals surface area contributed by atoms with Crippen molar-refractivity contribution in [1.29, 1.82) is 0 Å². The molecular formula is C34H28O10. The molecule has 1 heterocycles. The first kappa shape index (κ1) is 30.1. The average molecular weight is 597 g/mol. The Morgan fingerprint density at radius 2 is 0.955 bits per heavy atom. The Morgan fingerprint density at radius 3 is 1.41 bits per heavy atom. The molecule has 0 aromatic heterocycles. The molecule has 1 N–H and O–H groups in total. The van der Waals surface area contributed by atoms with E-state index in [1.807, 2.05) is 0 Å². The lowest BCUT2D eigenvalue weighted by Gasteiger charge is -2.28. The maximum atomic E-state index is 13.2. The molecule has 4 aromatic carbocycles. The zero-order valence-electron chi connectivity index (χ0n) is 23.3. The molecule has 10 nitrogen and oxygen atoms in total. The second kappa shape index (κ2) is 14.2. The Bertz CT molecular complexity index is 1560. The lowest BCUT2D eigenvalue weighted by molar-refractivity contribution is -0.153. The third-order valence-corrected chi connectivity index (χ3v) is 6.75. The first-order valence-corrected chi connectivity index (χ1v) is 13.7.